The van der Waals surface area contributed by atoms with Crippen LogP contribution in [-0.2, 0) is 6.42 Å². The lowest BCUT2D eigenvalue weighted by molar-refractivity contribution is 0.621. The third-order valence-electron chi connectivity index (χ3n) is 2.45. The van der Waals surface area contributed by atoms with Gasteiger partial charge in [-0.3, -0.25) is 0 Å². The molecule has 6 heteroatoms. The van der Waals surface area contributed by atoms with E-state index in [1.807, 2.05) is 6.92 Å². The summed E-state index contributed by atoms with van der Waals surface area (Å²) in [5.74, 6) is 0.808. The van der Waals surface area contributed by atoms with Crippen molar-refractivity contribution < 1.29 is 4.39 Å². The van der Waals surface area contributed by atoms with Gasteiger partial charge < -0.3 is 5.32 Å². The number of halogens is 2. The van der Waals surface area contributed by atoms with Gasteiger partial charge in [0.25, 0.3) is 0 Å². The molecular formula is C12H12BrFN4. The summed E-state index contributed by atoms with van der Waals surface area (Å²) < 4.78 is 13.7. The van der Waals surface area contributed by atoms with Gasteiger partial charge in [0.1, 0.15) is 17.3 Å². The van der Waals surface area contributed by atoms with Crippen molar-refractivity contribution in [1.29, 1.82) is 0 Å². The molecule has 0 unspecified atom stereocenters. The van der Waals surface area contributed by atoms with E-state index in [9.17, 15) is 4.39 Å². The third kappa shape index (κ3) is 2.48. The van der Waals surface area contributed by atoms with Crippen molar-refractivity contribution in [3.8, 4) is 11.5 Å². The lowest BCUT2D eigenvalue weighted by Gasteiger charge is -2.09. The zero-order valence-corrected chi connectivity index (χ0v) is 11.6. The Bertz CT molecular complexity index is 531. The molecule has 2 aromatic heterocycles. The van der Waals surface area contributed by atoms with Crippen molar-refractivity contribution in [2.45, 2.75) is 13.3 Å². The monoisotopic (exact) mass is 310 g/mol. The molecule has 1 N–H and O–H groups in total. The second-order valence-corrected chi connectivity index (χ2v) is 4.41. The maximum absolute atomic E-state index is 12.8. The molecule has 0 radical (unpaired) electrons. The lowest BCUT2D eigenvalue weighted by Crippen LogP contribution is -2.03. The summed E-state index contributed by atoms with van der Waals surface area (Å²) in [5.41, 5.74) is 1.44. The lowest BCUT2D eigenvalue weighted by atomic mass is 10.3. The molecule has 0 saturated heterocycles. The molecule has 0 aliphatic carbocycles. The first-order chi connectivity index (χ1) is 8.65. The summed E-state index contributed by atoms with van der Waals surface area (Å²) in [7, 11) is 1.79. The van der Waals surface area contributed by atoms with Gasteiger partial charge in [0, 0.05) is 7.05 Å². The fourth-order valence-corrected chi connectivity index (χ4v) is 2.17. The molecule has 0 aromatic carbocycles. The number of aromatic nitrogens is 3. The first-order valence-corrected chi connectivity index (χ1v) is 6.31. The van der Waals surface area contributed by atoms with Gasteiger partial charge in [0.05, 0.1) is 16.4 Å². The largest absolute Gasteiger partial charge is 0.372 e. The fourth-order valence-electron chi connectivity index (χ4n) is 1.52. The van der Waals surface area contributed by atoms with E-state index >= 15 is 0 Å². The average Bonchev–Trinajstić information content (AvgIpc) is 2.40. The van der Waals surface area contributed by atoms with Gasteiger partial charge in [0.2, 0.25) is 0 Å². The highest BCUT2D eigenvalue weighted by Gasteiger charge is 2.12. The van der Waals surface area contributed by atoms with Crippen molar-refractivity contribution in [1.82, 2.24) is 15.0 Å². The van der Waals surface area contributed by atoms with Gasteiger partial charge in [-0.05, 0) is 34.5 Å². The molecule has 2 aromatic rings. The van der Waals surface area contributed by atoms with Crippen molar-refractivity contribution in [3.63, 3.8) is 0 Å². The second-order valence-electron chi connectivity index (χ2n) is 3.62. The van der Waals surface area contributed by atoms with E-state index in [0.717, 1.165) is 22.8 Å². The Morgan fingerprint density at radius 1 is 1.33 bits per heavy atom. The van der Waals surface area contributed by atoms with Crippen molar-refractivity contribution in [2.75, 3.05) is 12.4 Å². The number of aryl methyl sites for hydroxylation is 1. The topological polar surface area (TPSA) is 50.7 Å². The molecular weight excluding hydrogens is 299 g/mol. The molecule has 18 heavy (non-hydrogen) atoms. The van der Waals surface area contributed by atoms with Crippen LogP contribution >= 0.6 is 15.9 Å². The van der Waals surface area contributed by atoms with Crippen LogP contribution in [0, 0.1) is 5.82 Å². The normalized spacial score (nSPS) is 10.4. The van der Waals surface area contributed by atoms with Gasteiger partial charge in [-0.2, -0.15) is 0 Å². The molecule has 0 bridgehead atoms. The van der Waals surface area contributed by atoms with Crippen LogP contribution in [0.5, 0.6) is 0 Å². The van der Waals surface area contributed by atoms with E-state index in [1.54, 1.807) is 13.1 Å². The van der Waals surface area contributed by atoms with Gasteiger partial charge in [-0.15, -0.1) is 0 Å². The Kier molecular flexibility index (Phi) is 3.86. The summed E-state index contributed by atoms with van der Waals surface area (Å²) in [6.07, 6.45) is 1.93. The molecule has 0 saturated carbocycles. The maximum Gasteiger partial charge on any atom is 0.180 e. The predicted octanol–water partition coefficient (Wildman–Crippen LogP) is 3.04. The first kappa shape index (κ1) is 12.9. The molecule has 2 rings (SSSR count). The Balaban J connectivity index is 2.54. The van der Waals surface area contributed by atoms with Crippen LogP contribution in [0.2, 0.25) is 0 Å². The highest BCUT2D eigenvalue weighted by atomic mass is 79.9. The van der Waals surface area contributed by atoms with Crippen LogP contribution in [0.15, 0.2) is 22.8 Å². The highest BCUT2D eigenvalue weighted by Crippen LogP contribution is 2.26. The standard InChI is InChI=1S/C12H12BrFN4/c1-3-8-10(13)12(15-2)18-11(17-8)9-5-4-7(14)6-16-9/h4-6H,3H2,1-2H3,(H,15,17,18). The fraction of sp³-hybridized carbons (Fsp3) is 0.250. The minimum absolute atomic E-state index is 0.375. The Morgan fingerprint density at radius 2 is 2.11 bits per heavy atom. The molecule has 0 spiro atoms. The van der Waals surface area contributed by atoms with E-state index < -0.39 is 0 Å². The SMILES string of the molecule is CCc1nc(-c2ccc(F)cn2)nc(NC)c1Br. The van der Waals surface area contributed by atoms with Crippen molar-refractivity contribution in [3.05, 3.63) is 34.3 Å². The van der Waals surface area contributed by atoms with E-state index in [4.69, 9.17) is 0 Å². The zero-order chi connectivity index (χ0) is 13.1. The maximum atomic E-state index is 12.8. The van der Waals surface area contributed by atoms with Crippen LogP contribution in [-0.4, -0.2) is 22.0 Å². The molecule has 2 heterocycles. The predicted molar refractivity (Wildman–Crippen MR) is 71.8 cm³/mol. The van der Waals surface area contributed by atoms with Crippen molar-refractivity contribution in [2.24, 2.45) is 0 Å². The number of anilines is 1. The minimum atomic E-state index is -0.375. The second kappa shape index (κ2) is 5.39. The Labute approximate surface area is 113 Å². The van der Waals surface area contributed by atoms with E-state index in [2.05, 4.69) is 36.2 Å². The average molecular weight is 311 g/mol. The van der Waals surface area contributed by atoms with E-state index in [-0.39, 0.29) is 5.82 Å². The minimum Gasteiger partial charge on any atom is -0.372 e. The number of rotatable bonds is 3. The molecule has 94 valence electrons. The molecule has 4 nitrogen and oxygen atoms in total. The zero-order valence-electron chi connectivity index (χ0n) is 10.0. The van der Waals surface area contributed by atoms with Crippen LogP contribution in [0.3, 0.4) is 0 Å². The number of nitrogens with one attached hydrogen (secondary N) is 1. The number of nitrogens with zero attached hydrogens (tertiary/aromatic N) is 3. The van der Waals surface area contributed by atoms with Crippen LogP contribution in [0.25, 0.3) is 11.5 Å². The number of pyridine rings is 1. The van der Waals surface area contributed by atoms with Gasteiger partial charge in [-0.25, -0.2) is 19.3 Å². The van der Waals surface area contributed by atoms with E-state index in [1.165, 1.54) is 6.07 Å². The quantitative estimate of drug-likeness (QED) is 0.946. The molecule has 0 atom stereocenters. The summed E-state index contributed by atoms with van der Waals surface area (Å²) in [5, 5.41) is 2.99. The Hall–Kier alpha value is -1.56. The van der Waals surface area contributed by atoms with Gasteiger partial charge in [0.15, 0.2) is 5.82 Å². The first-order valence-electron chi connectivity index (χ1n) is 5.51. The summed E-state index contributed by atoms with van der Waals surface area (Å²) >= 11 is 3.45. The number of hydrogen-bond acceptors (Lipinski definition) is 4. The summed E-state index contributed by atoms with van der Waals surface area (Å²) in [4.78, 5) is 12.7. The van der Waals surface area contributed by atoms with Crippen LogP contribution in [0.1, 0.15) is 12.6 Å². The summed E-state index contributed by atoms with van der Waals surface area (Å²) in [6, 6.07) is 2.91. The molecule has 0 fully saturated rings. The van der Waals surface area contributed by atoms with Gasteiger partial charge in [-0.1, -0.05) is 6.92 Å². The third-order valence-corrected chi connectivity index (χ3v) is 3.28. The van der Waals surface area contributed by atoms with Crippen LogP contribution in [0.4, 0.5) is 10.2 Å². The van der Waals surface area contributed by atoms with Gasteiger partial charge >= 0.3 is 0 Å². The van der Waals surface area contributed by atoms with Crippen molar-refractivity contribution >= 4 is 21.7 Å². The van der Waals surface area contributed by atoms with E-state index in [0.29, 0.717) is 17.3 Å². The smallest absolute Gasteiger partial charge is 0.180 e. The molecule has 0 amide bonds. The number of hydrogen-bond donors (Lipinski definition) is 1. The highest BCUT2D eigenvalue weighted by molar-refractivity contribution is 9.10. The molecule has 0 aliphatic heterocycles. The summed E-state index contributed by atoms with van der Waals surface area (Å²) in [6.45, 7) is 2.01. The molecule has 0 aliphatic rings. The Morgan fingerprint density at radius 3 is 2.67 bits per heavy atom. The van der Waals surface area contributed by atoms with Crippen LogP contribution < -0.4 is 5.32 Å².